The van der Waals surface area contributed by atoms with Gasteiger partial charge in [0, 0.05) is 33.6 Å². The molecule has 0 aliphatic rings. The van der Waals surface area contributed by atoms with Crippen LogP contribution in [0.4, 0.5) is 0 Å². The summed E-state index contributed by atoms with van der Waals surface area (Å²) in [6, 6.07) is 0. The van der Waals surface area contributed by atoms with E-state index in [4.69, 9.17) is 0 Å². The van der Waals surface area contributed by atoms with Crippen LogP contribution in [0.15, 0.2) is 18.6 Å². The van der Waals surface area contributed by atoms with Crippen LogP contribution >= 0.6 is 30.1 Å². The van der Waals surface area contributed by atoms with Gasteiger partial charge in [-0.05, 0) is 20.1 Å². The molecule has 0 saturated carbocycles. The van der Waals surface area contributed by atoms with E-state index >= 15 is 0 Å². The number of aromatic nitrogens is 2. The molecule has 1 rings (SSSR count). The lowest BCUT2D eigenvalue weighted by atomic mass is 10.5. The fourth-order valence-electron chi connectivity index (χ4n) is 0.435. The van der Waals surface area contributed by atoms with Gasteiger partial charge in [-0.25, -0.2) is 4.98 Å². The van der Waals surface area contributed by atoms with Crippen LogP contribution in [-0.2, 0) is 0 Å². The van der Waals surface area contributed by atoms with E-state index in [1.807, 2.05) is 0 Å². The first-order valence-electron chi connectivity index (χ1n) is 2.48. The van der Waals surface area contributed by atoms with Gasteiger partial charge < -0.3 is 0 Å². The van der Waals surface area contributed by atoms with Gasteiger partial charge in [0.25, 0.3) is 0 Å². The Morgan fingerprint density at radius 1 is 1.50 bits per heavy atom. The van der Waals surface area contributed by atoms with Crippen LogP contribution in [0.2, 0.25) is 0 Å². The summed E-state index contributed by atoms with van der Waals surface area (Å²) in [5.74, 6) is 2.83. The van der Waals surface area contributed by atoms with Crippen LogP contribution in [-0.4, -0.2) is 9.97 Å². The first-order chi connectivity index (χ1) is 4.93. The monoisotopic (exact) mass is 262 g/mol. The zero-order valence-corrected chi connectivity index (χ0v) is 7.89. The lowest BCUT2D eigenvalue weighted by Crippen LogP contribution is -1.80. The van der Waals surface area contributed by atoms with E-state index in [1.54, 1.807) is 18.6 Å². The summed E-state index contributed by atoms with van der Waals surface area (Å²) in [5, 5.41) is 2.82. The van der Waals surface area contributed by atoms with Gasteiger partial charge in [-0.15, -0.1) is 0 Å². The van der Waals surface area contributed by atoms with E-state index in [-0.39, 0.29) is 0 Å². The predicted octanol–water partition coefficient (Wildman–Crippen LogP) is 1.87. The van der Waals surface area contributed by atoms with Gasteiger partial charge in [0.15, 0.2) is 0 Å². The van der Waals surface area contributed by atoms with E-state index in [9.17, 15) is 0 Å². The highest BCUT2D eigenvalue weighted by atomic mass is 127. The SMILES string of the molecule is ISC#Cc1cnccn1. The smallest absolute Gasteiger partial charge is 0.132 e. The van der Waals surface area contributed by atoms with Gasteiger partial charge in [0.05, 0.1) is 6.20 Å². The van der Waals surface area contributed by atoms with Crippen molar-refractivity contribution in [3.63, 3.8) is 0 Å². The average molecular weight is 262 g/mol. The first kappa shape index (κ1) is 7.82. The van der Waals surface area contributed by atoms with Crippen molar-refractivity contribution in [2.75, 3.05) is 0 Å². The Labute approximate surface area is 75.4 Å². The van der Waals surface area contributed by atoms with Crippen molar-refractivity contribution in [1.82, 2.24) is 9.97 Å². The third kappa shape index (κ3) is 2.54. The van der Waals surface area contributed by atoms with E-state index < -0.39 is 0 Å². The lowest BCUT2D eigenvalue weighted by Gasteiger charge is -1.82. The Morgan fingerprint density at radius 3 is 3.00 bits per heavy atom. The van der Waals surface area contributed by atoms with Crippen molar-refractivity contribution in [2.24, 2.45) is 0 Å². The quantitative estimate of drug-likeness (QED) is 0.527. The second-order valence-corrected chi connectivity index (χ2v) is 3.07. The average Bonchev–Trinajstić information content (AvgIpc) is 2.03. The largest absolute Gasteiger partial charge is 0.260 e. The lowest BCUT2D eigenvalue weighted by molar-refractivity contribution is 1.17. The summed E-state index contributed by atoms with van der Waals surface area (Å²) < 4.78 is 0. The van der Waals surface area contributed by atoms with Crippen LogP contribution in [0.3, 0.4) is 0 Å². The number of nitrogens with zero attached hydrogens (tertiary/aromatic N) is 2. The number of halogens is 1. The Bertz CT molecular complexity index is 251. The normalized spacial score (nSPS) is 8.10. The number of rotatable bonds is 0. The van der Waals surface area contributed by atoms with Crippen LogP contribution in [0.5, 0.6) is 0 Å². The molecular formula is C6H3IN2S. The van der Waals surface area contributed by atoms with Crippen molar-refractivity contribution < 1.29 is 0 Å². The topological polar surface area (TPSA) is 25.8 Å². The second kappa shape index (κ2) is 4.52. The minimum absolute atomic E-state index is 0.715. The summed E-state index contributed by atoms with van der Waals surface area (Å²) in [7, 11) is 1.44. The molecule has 0 radical (unpaired) electrons. The highest BCUT2D eigenvalue weighted by molar-refractivity contribution is 14.2. The molecule has 0 N–H and O–H groups in total. The van der Waals surface area contributed by atoms with Gasteiger partial charge in [0.1, 0.15) is 5.69 Å². The van der Waals surface area contributed by atoms with E-state index in [0.29, 0.717) is 5.69 Å². The van der Waals surface area contributed by atoms with Crippen LogP contribution < -0.4 is 0 Å². The molecule has 0 unspecified atom stereocenters. The van der Waals surface area contributed by atoms with Gasteiger partial charge in [-0.3, -0.25) is 4.98 Å². The Morgan fingerprint density at radius 2 is 2.40 bits per heavy atom. The Balaban J connectivity index is 2.76. The van der Waals surface area contributed by atoms with E-state index in [2.05, 4.69) is 42.3 Å². The van der Waals surface area contributed by atoms with Crippen molar-refractivity contribution in [1.29, 1.82) is 0 Å². The molecule has 50 valence electrons. The standard InChI is InChI=1S/C6H3IN2S/c7-10-4-1-6-5-8-2-3-9-6/h2-3,5H. The summed E-state index contributed by atoms with van der Waals surface area (Å²) in [6.45, 7) is 0. The van der Waals surface area contributed by atoms with Crippen molar-refractivity contribution in [3.8, 4) is 11.2 Å². The van der Waals surface area contributed by atoms with Gasteiger partial charge in [-0.1, -0.05) is 0 Å². The Kier molecular flexibility index (Phi) is 3.54. The molecule has 0 aliphatic carbocycles. The first-order valence-corrected chi connectivity index (χ1v) is 5.84. The summed E-state index contributed by atoms with van der Waals surface area (Å²) in [5.41, 5.74) is 0.715. The fraction of sp³-hybridized carbons (Fsp3) is 0. The Hall–Kier alpha value is -0.280. The summed E-state index contributed by atoms with van der Waals surface area (Å²) in [6.07, 6.45) is 4.89. The molecule has 0 bridgehead atoms. The maximum absolute atomic E-state index is 3.96. The zero-order chi connectivity index (χ0) is 7.23. The molecule has 4 heteroatoms. The minimum Gasteiger partial charge on any atom is -0.260 e. The van der Waals surface area contributed by atoms with E-state index in [0.717, 1.165) is 0 Å². The van der Waals surface area contributed by atoms with Crippen LogP contribution in [0, 0.1) is 11.2 Å². The van der Waals surface area contributed by atoms with Crippen molar-refractivity contribution >= 4 is 30.1 Å². The minimum atomic E-state index is 0.715. The number of hydrogen-bond acceptors (Lipinski definition) is 3. The van der Waals surface area contributed by atoms with Gasteiger partial charge >= 0.3 is 0 Å². The summed E-state index contributed by atoms with van der Waals surface area (Å²) >= 11 is 2.11. The molecule has 0 spiro atoms. The van der Waals surface area contributed by atoms with Crippen molar-refractivity contribution in [3.05, 3.63) is 24.3 Å². The molecule has 0 fully saturated rings. The summed E-state index contributed by atoms with van der Waals surface area (Å²) in [4.78, 5) is 7.82. The molecule has 1 heterocycles. The van der Waals surface area contributed by atoms with Gasteiger partial charge in [0.2, 0.25) is 0 Å². The third-order valence-corrected chi connectivity index (χ3v) is 1.62. The second-order valence-electron chi connectivity index (χ2n) is 1.39. The van der Waals surface area contributed by atoms with Crippen LogP contribution in [0.25, 0.3) is 0 Å². The molecule has 0 atom stereocenters. The molecule has 0 saturated heterocycles. The molecule has 0 amide bonds. The molecule has 1 aromatic rings. The van der Waals surface area contributed by atoms with Crippen molar-refractivity contribution in [2.45, 2.75) is 0 Å². The zero-order valence-electron chi connectivity index (χ0n) is 4.91. The third-order valence-electron chi connectivity index (χ3n) is 0.781. The highest BCUT2D eigenvalue weighted by Gasteiger charge is 1.81. The predicted molar refractivity (Wildman–Crippen MR) is 50.5 cm³/mol. The highest BCUT2D eigenvalue weighted by Crippen LogP contribution is 2.06. The molecular weight excluding hydrogens is 259 g/mol. The number of hydrogen-bond donors (Lipinski definition) is 0. The molecule has 0 aliphatic heterocycles. The fourth-order valence-corrected chi connectivity index (χ4v) is 0.909. The van der Waals surface area contributed by atoms with E-state index in [1.165, 1.54) is 8.93 Å². The molecule has 1 aromatic heterocycles. The van der Waals surface area contributed by atoms with Gasteiger partial charge in [-0.2, -0.15) is 0 Å². The van der Waals surface area contributed by atoms with Crippen LogP contribution in [0.1, 0.15) is 5.69 Å². The maximum atomic E-state index is 3.96. The maximum Gasteiger partial charge on any atom is 0.132 e. The molecule has 2 nitrogen and oxygen atoms in total. The molecule has 0 aromatic carbocycles. The molecule has 10 heavy (non-hydrogen) atoms.